The highest BCUT2D eigenvalue weighted by molar-refractivity contribution is 6.00. The molecule has 94 valence electrons. The minimum atomic E-state index is -0.911. The van der Waals surface area contributed by atoms with Crippen LogP contribution < -0.4 is 0 Å². The van der Waals surface area contributed by atoms with Gasteiger partial charge in [-0.25, -0.2) is 9.78 Å². The Morgan fingerprint density at radius 1 is 1.44 bits per heavy atom. The van der Waals surface area contributed by atoms with Crippen LogP contribution in [0.1, 0.15) is 42.6 Å². The van der Waals surface area contributed by atoms with E-state index in [9.17, 15) is 4.79 Å². The maximum atomic E-state index is 11.1. The van der Waals surface area contributed by atoms with Gasteiger partial charge in [-0.1, -0.05) is 13.0 Å². The molecule has 0 spiro atoms. The van der Waals surface area contributed by atoms with Crippen molar-refractivity contribution < 1.29 is 9.90 Å². The van der Waals surface area contributed by atoms with E-state index in [0.29, 0.717) is 11.6 Å². The molecule has 0 saturated heterocycles. The average molecular weight is 244 g/mol. The molecule has 1 aromatic carbocycles. The Hall–Kier alpha value is -1.84. The van der Waals surface area contributed by atoms with Gasteiger partial charge in [0.15, 0.2) is 0 Å². The summed E-state index contributed by atoms with van der Waals surface area (Å²) < 4.78 is 2.14. The molecular formula is C14H16N2O2. The molecule has 1 aliphatic carbocycles. The van der Waals surface area contributed by atoms with Crippen LogP contribution in [0.3, 0.4) is 0 Å². The van der Waals surface area contributed by atoms with Crippen molar-refractivity contribution in [3.63, 3.8) is 0 Å². The lowest BCUT2D eigenvalue weighted by Crippen LogP contribution is -2.04. The Morgan fingerprint density at radius 3 is 2.94 bits per heavy atom. The second-order valence-electron chi connectivity index (χ2n) is 5.20. The first-order chi connectivity index (χ1) is 8.66. The number of imidazole rings is 1. The number of fused-ring (bicyclic) bond motifs is 1. The van der Waals surface area contributed by atoms with Crippen molar-refractivity contribution in [1.29, 1.82) is 0 Å². The second kappa shape index (κ2) is 4.12. The Morgan fingerprint density at radius 2 is 2.28 bits per heavy atom. The van der Waals surface area contributed by atoms with E-state index >= 15 is 0 Å². The number of hydrogen-bond donors (Lipinski definition) is 1. The smallest absolute Gasteiger partial charge is 0.337 e. The molecule has 2 atom stereocenters. The minimum absolute atomic E-state index is 0.289. The van der Waals surface area contributed by atoms with Crippen molar-refractivity contribution >= 4 is 17.0 Å². The number of para-hydroxylation sites is 1. The molecule has 2 unspecified atom stereocenters. The van der Waals surface area contributed by atoms with E-state index in [2.05, 4.69) is 16.5 Å². The van der Waals surface area contributed by atoms with E-state index in [1.807, 2.05) is 6.07 Å². The zero-order valence-corrected chi connectivity index (χ0v) is 10.3. The fourth-order valence-electron chi connectivity index (χ4n) is 2.95. The highest BCUT2D eigenvalue weighted by Crippen LogP contribution is 2.36. The second-order valence-corrected chi connectivity index (χ2v) is 5.20. The largest absolute Gasteiger partial charge is 0.478 e. The van der Waals surface area contributed by atoms with Crippen molar-refractivity contribution in [3.8, 4) is 0 Å². The van der Waals surface area contributed by atoms with E-state index in [1.54, 1.807) is 18.5 Å². The molecule has 1 saturated carbocycles. The van der Waals surface area contributed by atoms with Gasteiger partial charge in [-0.2, -0.15) is 0 Å². The molecular weight excluding hydrogens is 228 g/mol. The third kappa shape index (κ3) is 1.68. The first kappa shape index (κ1) is 11.3. The number of carboxylic acid groups (broad SMARTS) is 1. The van der Waals surface area contributed by atoms with Gasteiger partial charge in [0, 0.05) is 6.04 Å². The number of rotatable bonds is 2. The summed E-state index contributed by atoms with van der Waals surface area (Å²) >= 11 is 0. The highest BCUT2D eigenvalue weighted by atomic mass is 16.4. The van der Waals surface area contributed by atoms with Crippen molar-refractivity contribution in [2.24, 2.45) is 5.92 Å². The molecule has 1 aromatic heterocycles. The van der Waals surface area contributed by atoms with E-state index in [4.69, 9.17) is 5.11 Å². The van der Waals surface area contributed by atoms with Gasteiger partial charge in [-0.15, -0.1) is 0 Å². The summed E-state index contributed by atoms with van der Waals surface area (Å²) in [5.74, 6) is -0.166. The van der Waals surface area contributed by atoms with E-state index in [0.717, 1.165) is 24.3 Å². The Labute approximate surface area is 105 Å². The zero-order valence-electron chi connectivity index (χ0n) is 10.3. The van der Waals surface area contributed by atoms with Gasteiger partial charge < -0.3 is 9.67 Å². The van der Waals surface area contributed by atoms with Crippen LogP contribution in [-0.2, 0) is 0 Å². The van der Waals surface area contributed by atoms with E-state index in [-0.39, 0.29) is 5.56 Å². The highest BCUT2D eigenvalue weighted by Gasteiger charge is 2.24. The maximum Gasteiger partial charge on any atom is 0.337 e. The van der Waals surface area contributed by atoms with Gasteiger partial charge in [0.2, 0.25) is 0 Å². The van der Waals surface area contributed by atoms with Crippen LogP contribution in [0.15, 0.2) is 24.5 Å². The number of hydrogen-bond acceptors (Lipinski definition) is 2. The molecule has 1 fully saturated rings. The number of carbonyl (C=O) groups is 1. The van der Waals surface area contributed by atoms with Gasteiger partial charge in [-0.3, -0.25) is 0 Å². The fourth-order valence-corrected chi connectivity index (χ4v) is 2.95. The molecule has 1 aliphatic rings. The Bertz CT molecular complexity index is 603. The predicted molar refractivity (Wildman–Crippen MR) is 68.7 cm³/mol. The summed E-state index contributed by atoms with van der Waals surface area (Å²) in [5.41, 5.74) is 1.83. The molecule has 2 aromatic rings. The van der Waals surface area contributed by atoms with Gasteiger partial charge in [0.25, 0.3) is 0 Å². The topological polar surface area (TPSA) is 55.1 Å². The molecule has 1 heterocycles. The fraction of sp³-hybridized carbons (Fsp3) is 0.429. The predicted octanol–water partition coefficient (Wildman–Crippen LogP) is 3.10. The van der Waals surface area contributed by atoms with E-state index < -0.39 is 5.97 Å². The van der Waals surface area contributed by atoms with Crippen LogP contribution in [0.25, 0.3) is 11.0 Å². The first-order valence-corrected chi connectivity index (χ1v) is 6.35. The van der Waals surface area contributed by atoms with Crippen molar-refractivity contribution in [3.05, 3.63) is 30.1 Å². The molecule has 4 heteroatoms. The third-order valence-electron chi connectivity index (χ3n) is 3.90. The SMILES string of the molecule is CC1CCC(n2cnc3c(C(=O)O)cccc32)C1. The van der Waals surface area contributed by atoms with Gasteiger partial charge >= 0.3 is 5.97 Å². The lowest BCUT2D eigenvalue weighted by molar-refractivity contribution is 0.0699. The molecule has 1 N–H and O–H groups in total. The summed E-state index contributed by atoms with van der Waals surface area (Å²) in [7, 11) is 0. The van der Waals surface area contributed by atoms with Crippen molar-refractivity contribution in [2.45, 2.75) is 32.2 Å². The number of aromatic nitrogens is 2. The molecule has 3 rings (SSSR count). The van der Waals surface area contributed by atoms with Crippen LogP contribution in [0.5, 0.6) is 0 Å². The minimum Gasteiger partial charge on any atom is -0.478 e. The summed E-state index contributed by atoms with van der Waals surface area (Å²) in [6.45, 7) is 2.27. The van der Waals surface area contributed by atoms with Crippen LogP contribution in [0.2, 0.25) is 0 Å². The monoisotopic (exact) mass is 244 g/mol. The number of carboxylic acids is 1. The standard InChI is InChI=1S/C14H16N2O2/c1-9-5-6-10(7-9)16-8-15-13-11(14(17)18)3-2-4-12(13)16/h2-4,8-10H,5-7H2,1H3,(H,17,18). The molecule has 0 radical (unpaired) electrons. The molecule has 18 heavy (non-hydrogen) atoms. The lowest BCUT2D eigenvalue weighted by atomic mass is 10.1. The zero-order chi connectivity index (χ0) is 12.7. The quantitative estimate of drug-likeness (QED) is 0.883. The molecule has 0 bridgehead atoms. The molecule has 0 aliphatic heterocycles. The summed E-state index contributed by atoms with van der Waals surface area (Å²) in [4.78, 5) is 15.4. The normalized spacial score (nSPS) is 23.6. The summed E-state index contributed by atoms with van der Waals surface area (Å²) in [6.07, 6.45) is 5.34. The van der Waals surface area contributed by atoms with Crippen LogP contribution in [0.4, 0.5) is 0 Å². The van der Waals surface area contributed by atoms with Crippen molar-refractivity contribution in [1.82, 2.24) is 9.55 Å². The van der Waals surface area contributed by atoms with Crippen molar-refractivity contribution in [2.75, 3.05) is 0 Å². The number of nitrogens with zero attached hydrogens (tertiary/aromatic N) is 2. The lowest BCUT2D eigenvalue weighted by Gasteiger charge is -2.12. The average Bonchev–Trinajstić information content (AvgIpc) is 2.93. The summed E-state index contributed by atoms with van der Waals surface area (Å²) in [5, 5.41) is 9.15. The van der Waals surface area contributed by atoms with Crippen LogP contribution in [-0.4, -0.2) is 20.6 Å². The Kier molecular flexibility index (Phi) is 2.58. The first-order valence-electron chi connectivity index (χ1n) is 6.35. The third-order valence-corrected chi connectivity index (χ3v) is 3.90. The summed E-state index contributed by atoms with van der Waals surface area (Å²) in [6, 6.07) is 5.83. The van der Waals surface area contributed by atoms with Crippen LogP contribution >= 0.6 is 0 Å². The Balaban J connectivity index is 2.10. The number of aromatic carboxylic acids is 1. The number of benzene rings is 1. The van der Waals surface area contributed by atoms with Gasteiger partial charge in [0.05, 0.1) is 17.4 Å². The van der Waals surface area contributed by atoms with Gasteiger partial charge in [0.1, 0.15) is 5.52 Å². The molecule has 4 nitrogen and oxygen atoms in total. The maximum absolute atomic E-state index is 11.1. The molecule has 0 amide bonds. The van der Waals surface area contributed by atoms with Crippen LogP contribution in [0, 0.1) is 5.92 Å². The van der Waals surface area contributed by atoms with Gasteiger partial charge in [-0.05, 0) is 37.3 Å². The van der Waals surface area contributed by atoms with E-state index in [1.165, 1.54) is 6.42 Å².